The molecule has 2 aromatic rings. The first-order valence-electron chi connectivity index (χ1n) is 7.12. The highest BCUT2D eigenvalue weighted by atomic mass is 19.1. The first-order chi connectivity index (χ1) is 9.88. The molecule has 4 nitrogen and oxygen atoms in total. The molecule has 1 unspecified atom stereocenters. The van der Waals surface area contributed by atoms with Crippen molar-refractivity contribution in [3.05, 3.63) is 46.9 Å². The van der Waals surface area contributed by atoms with Gasteiger partial charge in [0.05, 0.1) is 5.69 Å². The normalized spacial score (nSPS) is 12.5. The van der Waals surface area contributed by atoms with Gasteiger partial charge in [0.15, 0.2) is 0 Å². The summed E-state index contributed by atoms with van der Waals surface area (Å²) in [5.41, 5.74) is 9.19. The number of hydrogen-bond donors (Lipinski definition) is 1. The predicted octanol–water partition coefficient (Wildman–Crippen LogP) is 2.39. The van der Waals surface area contributed by atoms with Crippen molar-refractivity contribution in [3.63, 3.8) is 0 Å². The van der Waals surface area contributed by atoms with E-state index in [4.69, 9.17) is 5.73 Å². The molecule has 0 fully saturated rings. The lowest BCUT2D eigenvalue weighted by atomic mass is 10.1. The van der Waals surface area contributed by atoms with Crippen molar-refractivity contribution in [2.45, 2.75) is 32.9 Å². The zero-order valence-electron chi connectivity index (χ0n) is 13.1. The molecule has 1 aromatic heterocycles. The Kier molecular flexibility index (Phi) is 4.63. The highest BCUT2D eigenvalue weighted by molar-refractivity contribution is 5.50. The minimum Gasteiger partial charge on any atom is -0.355 e. The second-order valence-electron chi connectivity index (χ2n) is 5.68. The van der Waals surface area contributed by atoms with Crippen LogP contribution in [0.5, 0.6) is 0 Å². The van der Waals surface area contributed by atoms with Gasteiger partial charge in [-0.2, -0.15) is 5.10 Å². The molecule has 0 aliphatic heterocycles. The number of nitrogens with two attached hydrogens (primary N) is 1. The first-order valence-corrected chi connectivity index (χ1v) is 7.12. The van der Waals surface area contributed by atoms with E-state index in [0.717, 1.165) is 23.5 Å². The maximum absolute atomic E-state index is 13.0. The van der Waals surface area contributed by atoms with E-state index < -0.39 is 0 Å². The van der Waals surface area contributed by atoms with Crippen molar-refractivity contribution in [3.8, 4) is 0 Å². The summed E-state index contributed by atoms with van der Waals surface area (Å²) in [5.74, 6) is 0.851. The molecular formula is C16H23FN4. The quantitative estimate of drug-likeness (QED) is 0.920. The number of nitrogens with zero attached hydrogens (tertiary/aromatic N) is 3. The summed E-state index contributed by atoms with van der Waals surface area (Å²) in [6.45, 7) is 4.70. The average Bonchev–Trinajstić information content (AvgIpc) is 2.66. The first kappa shape index (κ1) is 15.5. The Hall–Kier alpha value is -1.88. The van der Waals surface area contributed by atoms with E-state index in [1.165, 1.54) is 17.7 Å². The van der Waals surface area contributed by atoms with Crippen LogP contribution in [-0.4, -0.2) is 22.9 Å². The van der Waals surface area contributed by atoms with Gasteiger partial charge in [0, 0.05) is 32.2 Å². The molecule has 1 atom stereocenters. The zero-order valence-corrected chi connectivity index (χ0v) is 13.1. The summed E-state index contributed by atoms with van der Waals surface area (Å²) in [7, 11) is 3.96. The van der Waals surface area contributed by atoms with E-state index in [9.17, 15) is 4.39 Å². The highest BCUT2D eigenvalue weighted by Crippen LogP contribution is 2.24. The van der Waals surface area contributed by atoms with Crippen LogP contribution in [0.25, 0.3) is 0 Å². The van der Waals surface area contributed by atoms with Gasteiger partial charge in [0.25, 0.3) is 0 Å². The Morgan fingerprint density at radius 1 is 1.33 bits per heavy atom. The molecule has 1 aromatic carbocycles. The van der Waals surface area contributed by atoms with Crippen LogP contribution in [0.4, 0.5) is 10.2 Å². The Labute approximate surface area is 125 Å². The van der Waals surface area contributed by atoms with Gasteiger partial charge in [-0.3, -0.25) is 4.68 Å². The van der Waals surface area contributed by atoms with Crippen molar-refractivity contribution in [1.29, 1.82) is 0 Å². The number of rotatable bonds is 5. The van der Waals surface area contributed by atoms with Crippen LogP contribution in [0.2, 0.25) is 0 Å². The van der Waals surface area contributed by atoms with Crippen molar-refractivity contribution < 1.29 is 4.39 Å². The Bertz CT molecular complexity index is 601. The molecule has 0 radical (unpaired) electrons. The summed E-state index contributed by atoms with van der Waals surface area (Å²) < 4.78 is 14.9. The van der Waals surface area contributed by atoms with Crippen LogP contribution in [-0.2, 0) is 20.0 Å². The van der Waals surface area contributed by atoms with E-state index in [1.807, 2.05) is 32.6 Å². The fourth-order valence-corrected chi connectivity index (χ4v) is 2.67. The van der Waals surface area contributed by atoms with Crippen LogP contribution in [0, 0.1) is 12.7 Å². The van der Waals surface area contributed by atoms with Gasteiger partial charge >= 0.3 is 0 Å². The average molecular weight is 290 g/mol. The third kappa shape index (κ3) is 3.61. The summed E-state index contributed by atoms with van der Waals surface area (Å²) in [6.07, 6.45) is 0.794. The van der Waals surface area contributed by atoms with Crippen LogP contribution in [0.1, 0.15) is 23.7 Å². The maximum Gasteiger partial charge on any atom is 0.130 e. The number of benzene rings is 1. The molecule has 0 aliphatic rings. The van der Waals surface area contributed by atoms with Crippen molar-refractivity contribution in [1.82, 2.24) is 9.78 Å². The summed E-state index contributed by atoms with van der Waals surface area (Å²) in [4.78, 5) is 2.13. The summed E-state index contributed by atoms with van der Waals surface area (Å²) >= 11 is 0. The van der Waals surface area contributed by atoms with Crippen LogP contribution in [0.3, 0.4) is 0 Å². The lowest BCUT2D eigenvalue weighted by Gasteiger charge is -2.22. The molecule has 114 valence electrons. The molecule has 21 heavy (non-hydrogen) atoms. The Morgan fingerprint density at radius 2 is 1.95 bits per heavy atom. The highest BCUT2D eigenvalue weighted by Gasteiger charge is 2.18. The lowest BCUT2D eigenvalue weighted by molar-refractivity contribution is 0.626. The van der Waals surface area contributed by atoms with Gasteiger partial charge in [-0.1, -0.05) is 12.1 Å². The maximum atomic E-state index is 13.0. The molecular weight excluding hydrogens is 267 g/mol. The Balaban J connectivity index is 2.25. The van der Waals surface area contributed by atoms with Crippen molar-refractivity contribution in [2.24, 2.45) is 12.8 Å². The van der Waals surface area contributed by atoms with Gasteiger partial charge in [-0.15, -0.1) is 0 Å². The molecule has 0 bridgehead atoms. The molecule has 1 heterocycles. The van der Waals surface area contributed by atoms with Gasteiger partial charge < -0.3 is 10.6 Å². The van der Waals surface area contributed by atoms with Crippen LogP contribution < -0.4 is 10.6 Å². The Morgan fingerprint density at radius 3 is 2.52 bits per heavy atom. The third-order valence-electron chi connectivity index (χ3n) is 3.53. The molecule has 2 rings (SSSR count). The topological polar surface area (TPSA) is 47.1 Å². The second-order valence-corrected chi connectivity index (χ2v) is 5.68. The van der Waals surface area contributed by atoms with Crippen LogP contribution in [0.15, 0.2) is 24.3 Å². The van der Waals surface area contributed by atoms with E-state index in [-0.39, 0.29) is 11.9 Å². The fraction of sp³-hybridized carbons (Fsp3) is 0.438. The number of anilines is 1. The minimum atomic E-state index is -0.213. The third-order valence-corrected chi connectivity index (χ3v) is 3.53. The van der Waals surface area contributed by atoms with Gasteiger partial charge in [-0.05, 0) is 38.0 Å². The number of aromatic nitrogens is 2. The number of aryl methyl sites for hydroxylation is 2. The molecule has 0 aliphatic carbocycles. The molecule has 0 amide bonds. The predicted molar refractivity (Wildman–Crippen MR) is 83.8 cm³/mol. The molecule has 0 saturated heterocycles. The smallest absolute Gasteiger partial charge is 0.130 e. The standard InChI is InChI=1S/C16H23FN4/c1-11(18)9-15-12(2)19-21(4)16(15)20(3)10-13-5-7-14(17)8-6-13/h5-8,11H,9-10,18H2,1-4H3. The number of hydrogen-bond acceptors (Lipinski definition) is 3. The van der Waals surface area contributed by atoms with Crippen LogP contribution >= 0.6 is 0 Å². The van der Waals surface area contributed by atoms with E-state index >= 15 is 0 Å². The fourth-order valence-electron chi connectivity index (χ4n) is 2.67. The van der Waals surface area contributed by atoms with Gasteiger partial charge in [0.1, 0.15) is 11.6 Å². The largest absolute Gasteiger partial charge is 0.355 e. The van der Waals surface area contributed by atoms with Crippen molar-refractivity contribution in [2.75, 3.05) is 11.9 Å². The molecule has 0 spiro atoms. The zero-order chi connectivity index (χ0) is 15.6. The summed E-state index contributed by atoms with van der Waals surface area (Å²) in [5, 5.41) is 4.50. The molecule has 2 N–H and O–H groups in total. The molecule has 5 heteroatoms. The minimum absolute atomic E-state index is 0.0888. The number of halogens is 1. The SMILES string of the molecule is Cc1nn(C)c(N(C)Cc2ccc(F)cc2)c1CC(C)N. The van der Waals surface area contributed by atoms with Gasteiger partial charge in [-0.25, -0.2) is 4.39 Å². The lowest BCUT2D eigenvalue weighted by Crippen LogP contribution is -2.23. The molecule has 0 saturated carbocycles. The van der Waals surface area contributed by atoms with E-state index in [0.29, 0.717) is 6.54 Å². The summed E-state index contributed by atoms with van der Waals surface area (Å²) in [6, 6.07) is 6.67. The van der Waals surface area contributed by atoms with E-state index in [1.54, 1.807) is 12.1 Å². The van der Waals surface area contributed by atoms with E-state index in [2.05, 4.69) is 10.00 Å². The van der Waals surface area contributed by atoms with Crippen molar-refractivity contribution >= 4 is 5.82 Å². The van der Waals surface area contributed by atoms with Gasteiger partial charge in [0.2, 0.25) is 0 Å². The second kappa shape index (κ2) is 6.26. The monoisotopic (exact) mass is 290 g/mol.